The number of carbonyl (C=O) groups excluding carboxylic acids is 1. The van der Waals surface area contributed by atoms with Gasteiger partial charge in [-0.1, -0.05) is 30.3 Å². The Bertz CT molecular complexity index is 1760. The van der Waals surface area contributed by atoms with Crippen LogP contribution < -0.4 is 20.4 Å². The Balaban J connectivity index is 1.24. The Morgan fingerprint density at radius 1 is 0.977 bits per heavy atom. The molecular formula is C32H30N10O2. The number of ether oxygens (including phenoxy) is 1. The zero-order valence-electron chi connectivity index (χ0n) is 24.1. The second kappa shape index (κ2) is 13.0. The largest absolute Gasteiger partial charge is 0.378 e. The molecule has 0 saturated carbocycles. The molecule has 5 aromatic rings. The smallest absolute Gasteiger partial charge is 0.327 e. The normalized spacial score (nSPS) is 12.8. The topological polar surface area (TPSA) is 137 Å². The van der Waals surface area contributed by atoms with Crippen molar-refractivity contribution in [2.75, 3.05) is 41.4 Å². The number of nitrogens with zero attached hydrogens (tertiary/aromatic N) is 8. The molecule has 3 aromatic heterocycles. The van der Waals surface area contributed by atoms with Gasteiger partial charge in [0, 0.05) is 55.9 Å². The van der Waals surface area contributed by atoms with Crippen LogP contribution >= 0.6 is 0 Å². The van der Waals surface area contributed by atoms with Crippen LogP contribution in [0.1, 0.15) is 11.1 Å². The van der Waals surface area contributed by atoms with Crippen LogP contribution in [0.4, 0.5) is 33.8 Å². The van der Waals surface area contributed by atoms with Crippen LogP contribution in [-0.2, 0) is 18.3 Å². The summed E-state index contributed by atoms with van der Waals surface area (Å²) in [4.78, 5) is 30.7. The fraction of sp³-hybridized carbons (Fsp3) is 0.188. The highest BCUT2D eigenvalue weighted by atomic mass is 16.5. The zero-order chi connectivity index (χ0) is 30.3. The first-order valence-corrected chi connectivity index (χ1v) is 14.1. The van der Waals surface area contributed by atoms with E-state index in [4.69, 9.17) is 4.74 Å². The SMILES string of the molecule is Cn1cc(-c2ccc(N(C(=O)NCc3ccccc3)c3ccc(Nc4ncc(C#N)c(N5CCOCC5)n4)cc3)nc2)cn1. The number of benzene rings is 2. The first-order chi connectivity index (χ1) is 21.6. The lowest BCUT2D eigenvalue weighted by atomic mass is 10.1. The second-order valence-corrected chi connectivity index (χ2v) is 10.1. The molecule has 0 radical (unpaired) electrons. The Morgan fingerprint density at radius 2 is 1.77 bits per heavy atom. The van der Waals surface area contributed by atoms with Crippen molar-refractivity contribution in [1.82, 2.24) is 30.0 Å². The van der Waals surface area contributed by atoms with Crippen LogP contribution in [-0.4, -0.2) is 57.1 Å². The van der Waals surface area contributed by atoms with Gasteiger partial charge in [-0.3, -0.25) is 4.68 Å². The van der Waals surface area contributed by atoms with Gasteiger partial charge in [-0.05, 0) is 42.0 Å². The van der Waals surface area contributed by atoms with Crippen molar-refractivity contribution >= 4 is 35.0 Å². The number of hydrogen-bond donors (Lipinski definition) is 2. The van der Waals surface area contributed by atoms with Gasteiger partial charge in [-0.25, -0.2) is 19.7 Å². The van der Waals surface area contributed by atoms with Gasteiger partial charge < -0.3 is 20.3 Å². The van der Waals surface area contributed by atoms with E-state index < -0.39 is 0 Å². The molecule has 2 N–H and O–H groups in total. The summed E-state index contributed by atoms with van der Waals surface area (Å²) in [6, 6.07) is 22.7. The lowest BCUT2D eigenvalue weighted by Gasteiger charge is -2.28. The Labute approximate surface area is 254 Å². The van der Waals surface area contributed by atoms with E-state index in [2.05, 4.69) is 36.8 Å². The number of aryl methyl sites for hydroxylation is 1. The number of carbonyl (C=O) groups is 1. The number of urea groups is 1. The maximum atomic E-state index is 13.6. The molecular weight excluding hydrogens is 556 g/mol. The molecule has 1 fully saturated rings. The molecule has 0 bridgehead atoms. The van der Waals surface area contributed by atoms with Crippen LogP contribution in [0.2, 0.25) is 0 Å². The maximum absolute atomic E-state index is 13.6. The number of amides is 2. The number of aromatic nitrogens is 5. The molecule has 220 valence electrons. The third kappa shape index (κ3) is 6.48. The number of nitrogens with one attached hydrogen (secondary N) is 2. The predicted molar refractivity (Wildman–Crippen MR) is 167 cm³/mol. The number of anilines is 5. The standard InChI is InChI=1S/C32H30N10O2/c1-40-22-26(21-37-40)24-7-12-29(34-19-24)42(32(43)36-18-23-5-3-2-4-6-23)28-10-8-27(9-11-28)38-31-35-20-25(17-33)30(39-31)41-13-15-44-16-14-41/h2-12,19-22H,13-16,18H2,1H3,(H,36,43)(H,35,38,39). The summed E-state index contributed by atoms with van der Waals surface area (Å²) in [6.45, 7) is 2.83. The van der Waals surface area contributed by atoms with Gasteiger partial charge in [0.05, 0.1) is 31.3 Å². The lowest BCUT2D eigenvalue weighted by Crippen LogP contribution is -2.37. The second-order valence-electron chi connectivity index (χ2n) is 10.1. The maximum Gasteiger partial charge on any atom is 0.327 e. The summed E-state index contributed by atoms with van der Waals surface area (Å²) in [5.74, 6) is 1.41. The zero-order valence-corrected chi connectivity index (χ0v) is 24.1. The molecule has 0 atom stereocenters. The molecule has 4 heterocycles. The molecule has 44 heavy (non-hydrogen) atoms. The minimum Gasteiger partial charge on any atom is -0.378 e. The van der Waals surface area contributed by atoms with E-state index in [-0.39, 0.29) is 6.03 Å². The van der Waals surface area contributed by atoms with Crippen molar-refractivity contribution in [3.05, 3.63) is 103 Å². The van der Waals surface area contributed by atoms with Gasteiger partial charge in [0.2, 0.25) is 5.95 Å². The Kier molecular flexibility index (Phi) is 8.38. The van der Waals surface area contributed by atoms with Gasteiger partial charge >= 0.3 is 6.03 Å². The van der Waals surface area contributed by atoms with E-state index >= 15 is 0 Å². The van der Waals surface area contributed by atoms with Gasteiger partial charge in [-0.15, -0.1) is 0 Å². The summed E-state index contributed by atoms with van der Waals surface area (Å²) in [6.07, 6.45) is 6.94. The van der Waals surface area contributed by atoms with Crippen molar-refractivity contribution in [2.45, 2.75) is 6.54 Å². The monoisotopic (exact) mass is 586 g/mol. The molecule has 12 heteroatoms. The molecule has 1 aliphatic rings. The molecule has 1 aliphatic heterocycles. The van der Waals surface area contributed by atoms with E-state index in [1.807, 2.05) is 84.9 Å². The van der Waals surface area contributed by atoms with Crippen LogP contribution in [0.3, 0.4) is 0 Å². The lowest BCUT2D eigenvalue weighted by molar-refractivity contribution is 0.122. The minimum atomic E-state index is -0.318. The van der Waals surface area contributed by atoms with E-state index in [0.717, 1.165) is 22.4 Å². The molecule has 2 amide bonds. The van der Waals surface area contributed by atoms with E-state index in [1.165, 1.54) is 11.1 Å². The van der Waals surface area contributed by atoms with Crippen molar-refractivity contribution in [3.8, 4) is 17.2 Å². The average Bonchev–Trinajstić information content (AvgIpc) is 3.52. The average molecular weight is 587 g/mol. The van der Waals surface area contributed by atoms with Crippen molar-refractivity contribution in [2.24, 2.45) is 7.05 Å². The highest BCUT2D eigenvalue weighted by Crippen LogP contribution is 2.29. The fourth-order valence-electron chi connectivity index (χ4n) is 4.82. The van der Waals surface area contributed by atoms with Crippen molar-refractivity contribution < 1.29 is 9.53 Å². The van der Waals surface area contributed by atoms with Crippen molar-refractivity contribution in [3.63, 3.8) is 0 Å². The number of pyridine rings is 1. The van der Waals surface area contributed by atoms with Gasteiger partial charge in [0.15, 0.2) is 5.82 Å². The fourth-order valence-corrected chi connectivity index (χ4v) is 4.82. The van der Waals surface area contributed by atoms with Crippen LogP contribution in [0.5, 0.6) is 0 Å². The predicted octanol–water partition coefficient (Wildman–Crippen LogP) is 4.77. The first-order valence-electron chi connectivity index (χ1n) is 14.1. The summed E-state index contributed by atoms with van der Waals surface area (Å²) in [7, 11) is 1.86. The minimum absolute atomic E-state index is 0.318. The summed E-state index contributed by atoms with van der Waals surface area (Å²) in [5.41, 5.74) is 4.56. The third-order valence-corrected chi connectivity index (χ3v) is 7.09. The van der Waals surface area contributed by atoms with E-state index in [9.17, 15) is 10.1 Å². The number of morpholine rings is 1. The van der Waals surface area contributed by atoms with Crippen LogP contribution in [0.15, 0.2) is 91.5 Å². The van der Waals surface area contributed by atoms with Crippen molar-refractivity contribution in [1.29, 1.82) is 5.26 Å². The number of hydrogen-bond acceptors (Lipinski definition) is 9. The van der Waals surface area contributed by atoms with E-state index in [0.29, 0.717) is 61.7 Å². The van der Waals surface area contributed by atoms with Gasteiger partial charge in [-0.2, -0.15) is 15.3 Å². The molecule has 0 aliphatic carbocycles. The first kappa shape index (κ1) is 28.3. The molecule has 6 rings (SSSR count). The molecule has 0 unspecified atom stereocenters. The summed E-state index contributed by atoms with van der Waals surface area (Å²) in [5, 5.41) is 20.0. The summed E-state index contributed by atoms with van der Waals surface area (Å²) >= 11 is 0. The van der Waals surface area contributed by atoms with E-state index in [1.54, 1.807) is 17.1 Å². The number of nitriles is 1. The number of rotatable bonds is 8. The van der Waals surface area contributed by atoms with Gasteiger partial charge in [0.25, 0.3) is 0 Å². The molecule has 0 spiro atoms. The molecule has 1 saturated heterocycles. The Morgan fingerprint density at radius 3 is 2.45 bits per heavy atom. The highest BCUT2D eigenvalue weighted by molar-refractivity contribution is 5.98. The van der Waals surface area contributed by atoms with Crippen LogP contribution in [0, 0.1) is 11.3 Å². The van der Waals surface area contributed by atoms with Gasteiger partial charge in [0.1, 0.15) is 17.5 Å². The Hall–Kier alpha value is -5.80. The summed E-state index contributed by atoms with van der Waals surface area (Å²) < 4.78 is 7.17. The molecule has 2 aromatic carbocycles. The third-order valence-electron chi connectivity index (χ3n) is 7.09. The van der Waals surface area contributed by atoms with Crippen LogP contribution in [0.25, 0.3) is 11.1 Å². The quantitative estimate of drug-likeness (QED) is 0.263. The molecule has 12 nitrogen and oxygen atoms in total. The highest BCUT2D eigenvalue weighted by Gasteiger charge is 2.21.